The van der Waals surface area contributed by atoms with Crippen molar-refractivity contribution < 1.29 is 0 Å². The van der Waals surface area contributed by atoms with E-state index >= 15 is 0 Å². The summed E-state index contributed by atoms with van der Waals surface area (Å²) < 4.78 is 0. The van der Waals surface area contributed by atoms with E-state index in [2.05, 4.69) is 124 Å². The fourth-order valence-electron chi connectivity index (χ4n) is 5.24. The summed E-state index contributed by atoms with van der Waals surface area (Å²) in [6, 6.07) is 39.2. The fourth-order valence-corrected chi connectivity index (χ4v) is 5.24. The van der Waals surface area contributed by atoms with Gasteiger partial charge in [-0.2, -0.15) is 0 Å². The fraction of sp³-hybridized carbons (Fsp3) is 0.121. The van der Waals surface area contributed by atoms with Crippen molar-refractivity contribution in [3.63, 3.8) is 0 Å². The quantitative estimate of drug-likeness (QED) is 0.275. The summed E-state index contributed by atoms with van der Waals surface area (Å²) in [5, 5.41) is 0. The first-order valence-corrected chi connectivity index (χ1v) is 11.9. The van der Waals surface area contributed by atoms with Gasteiger partial charge in [0.05, 0.1) is 11.4 Å². The number of nitrogens with zero attached hydrogens (tertiary/aromatic N) is 1. The van der Waals surface area contributed by atoms with Gasteiger partial charge in [-0.25, -0.2) is 4.98 Å². The topological polar surface area (TPSA) is 12.9 Å². The normalized spacial score (nSPS) is 13.4. The van der Waals surface area contributed by atoms with Crippen LogP contribution in [-0.2, 0) is 5.41 Å². The minimum Gasteiger partial charge on any atom is -0.248 e. The molecule has 4 aromatic carbocycles. The van der Waals surface area contributed by atoms with Crippen molar-refractivity contribution in [2.24, 2.45) is 0 Å². The molecule has 34 heavy (non-hydrogen) atoms. The number of pyridine rings is 1. The van der Waals surface area contributed by atoms with Crippen LogP contribution in [0.2, 0.25) is 0 Å². The van der Waals surface area contributed by atoms with Crippen LogP contribution in [0.5, 0.6) is 0 Å². The van der Waals surface area contributed by atoms with E-state index in [9.17, 15) is 0 Å². The first-order chi connectivity index (χ1) is 16.5. The van der Waals surface area contributed by atoms with Crippen molar-refractivity contribution in [1.29, 1.82) is 0 Å². The van der Waals surface area contributed by atoms with Gasteiger partial charge in [-0.3, -0.25) is 0 Å². The van der Waals surface area contributed by atoms with Gasteiger partial charge < -0.3 is 0 Å². The van der Waals surface area contributed by atoms with Gasteiger partial charge in [-0.05, 0) is 58.5 Å². The molecule has 0 atom stereocenters. The summed E-state index contributed by atoms with van der Waals surface area (Å²) in [5.74, 6) is 0. The monoisotopic (exact) mass is 437 g/mol. The number of fused-ring (bicyclic) bond motifs is 3. The molecule has 0 saturated carbocycles. The van der Waals surface area contributed by atoms with Gasteiger partial charge >= 0.3 is 0 Å². The lowest BCUT2D eigenvalue weighted by Crippen LogP contribution is -2.15. The van der Waals surface area contributed by atoms with E-state index in [1.807, 2.05) is 6.07 Å². The maximum atomic E-state index is 5.14. The summed E-state index contributed by atoms with van der Waals surface area (Å²) >= 11 is 0. The van der Waals surface area contributed by atoms with Crippen molar-refractivity contribution in [2.45, 2.75) is 26.2 Å². The molecule has 0 aliphatic heterocycles. The highest BCUT2D eigenvalue weighted by molar-refractivity contribution is 5.84. The van der Waals surface area contributed by atoms with Crippen LogP contribution in [0.15, 0.2) is 109 Å². The molecule has 0 radical (unpaired) electrons. The van der Waals surface area contributed by atoms with Gasteiger partial charge in [-0.15, -0.1) is 0 Å². The van der Waals surface area contributed by atoms with E-state index in [1.54, 1.807) is 0 Å². The zero-order chi connectivity index (χ0) is 23.3. The van der Waals surface area contributed by atoms with E-state index in [0.717, 1.165) is 22.5 Å². The Bertz CT molecular complexity index is 1450. The molecular weight excluding hydrogens is 410 g/mol. The Balaban J connectivity index is 1.53. The van der Waals surface area contributed by atoms with Crippen LogP contribution in [0.25, 0.3) is 44.8 Å². The van der Waals surface area contributed by atoms with Gasteiger partial charge in [0.1, 0.15) is 0 Å². The second-order valence-corrected chi connectivity index (χ2v) is 9.79. The summed E-state index contributed by atoms with van der Waals surface area (Å²) in [5.41, 5.74) is 13.4. The summed E-state index contributed by atoms with van der Waals surface area (Å²) in [7, 11) is 0. The lowest BCUT2D eigenvalue weighted by atomic mass is 9.81. The lowest BCUT2D eigenvalue weighted by molar-refractivity contribution is 0.660. The van der Waals surface area contributed by atoms with E-state index in [1.165, 1.54) is 38.9 Å². The minimum atomic E-state index is -0.0357. The van der Waals surface area contributed by atoms with Crippen LogP contribution in [0.3, 0.4) is 0 Å². The van der Waals surface area contributed by atoms with Crippen LogP contribution in [0.4, 0.5) is 0 Å². The number of hydrogen-bond acceptors (Lipinski definition) is 1. The van der Waals surface area contributed by atoms with Gasteiger partial charge in [0, 0.05) is 16.5 Å². The molecule has 5 aromatic rings. The van der Waals surface area contributed by atoms with E-state index < -0.39 is 0 Å². The standard InChI is InChI=1S/C33H27N/c1-22-14-16-27-28-17-15-25(19-30(28)33(2,3)29(27)18-22)32-21-26(23-10-6-4-7-11-23)20-31(34-32)24-12-8-5-9-13-24/h4-21H,1-3H3. The molecule has 0 N–H and O–H groups in total. The van der Waals surface area contributed by atoms with E-state index in [4.69, 9.17) is 4.98 Å². The number of aryl methyl sites for hydroxylation is 1. The van der Waals surface area contributed by atoms with Crippen molar-refractivity contribution in [2.75, 3.05) is 0 Å². The molecule has 0 amide bonds. The Kier molecular flexibility index (Phi) is 4.74. The van der Waals surface area contributed by atoms with Crippen LogP contribution < -0.4 is 0 Å². The predicted molar refractivity (Wildman–Crippen MR) is 143 cm³/mol. The van der Waals surface area contributed by atoms with Crippen molar-refractivity contribution in [1.82, 2.24) is 4.98 Å². The zero-order valence-electron chi connectivity index (χ0n) is 19.8. The number of hydrogen-bond donors (Lipinski definition) is 0. The first-order valence-electron chi connectivity index (χ1n) is 11.9. The van der Waals surface area contributed by atoms with Crippen LogP contribution >= 0.6 is 0 Å². The molecule has 1 nitrogen and oxygen atoms in total. The zero-order valence-corrected chi connectivity index (χ0v) is 19.8. The maximum absolute atomic E-state index is 5.14. The number of rotatable bonds is 3. The summed E-state index contributed by atoms with van der Waals surface area (Å²) in [6.07, 6.45) is 0. The maximum Gasteiger partial charge on any atom is 0.0715 e. The number of benzene rings is 4. The van der Waals surface area contributed by atoms with Gasteiger partial charge in [0.2, 0.25) is 0 Å². The molecule has 0 saturated heterocycles. The SMILES string of the molecule is Cc1ccc2c(c1)C(C)(C)c1cc(-c3cc(-c4ccccc4)cc(-c4ccccc4)n3)ccc1-2. The molecule has 1 aliphatic rings. The average molecular weight is 438 g/mol. The van der Waals surface area contributed by atoms with Gasteiger partial charge in [0.15, 0.2) is 0 Å². The third kappa shape index (κ3) is 3.36. The van der Waals surface area contributed by atoms with Crippen molar-refractivity contribution in [3.8, 4) is 44.8 Å². The molecule has 0 spiro atoms. The predicted octanol–water partition coefficient (Wildman–Crippen LogP) is 8.70. The Labute approximate surface area is 201 Å². The molecule has 164 valence electrons. The molecule has 0 unspecified atom stereocenters. The highest BCUT2D eigenvalue weighted by Gasteiger charge is 2.35. The molecule has 1 aromatic heterocycles. The van der Waals surface area contributed by atoms with Crippen molar-refractivity contribution in [3.05, 3.63) is 126 Å². The molecule has 6 rings (SSSR count). The smallest absolute Gasteiger partial charge is 0.0715 e. The lowest BCUT2D eigenvalue weighted by Gasteiger charge is -2.22. The third-order valence-electron chi connectivity index (χ3n) is 7.13. The van der Waals surface area contributed by atoms with Crippen LogP contribution in [0.1, 0.15) is 30.5 Å². The number of aromatic nitrogens is 1. The largest absolute Gasteiger partial charge is 0.248 e. The molecule has 1 heterocycles. The first kappa shape index (κ1) is 20.6. The second-order valence-electron chi connectivity index (χ2n) is 9.79. The highest BCUT2D eigenvalue weighted by atomic mass is 14.7. The molecule has 1 aliphatic carbocycles. The summed E-state index contributed by atoms with van der Waals surface area (Å²) in [6.45, 7) is 6.85. The Morgan fingerprint density at radius 1 is 0.500 bits per heavy atom. The van der Waals surface area contributed by atoms with E-state index in [-0.39, 0.29) is 5.41 Å². The second kappa shape index (κ2) is 7.81. The van der Waals surface area contributed by atoms with E-state index in [0.29, 0.717) is 0 Å². The Hall–Kier alpha value is -3.97. The highest BCUT2D eigenvalue weighted by Crippen LogP contribution is 2.49. The minimum absolute atomic E-state index is 0.0357. The summed E-state index contributed by atoms with van der Waals surface area (Å²) in [4.78, 5) is 5.14. The van der Waals surface area contributed by atoms with Gasteiger partial charge in [0.25, 0.3) is 0 Å². The molecular formula is C33H27N. The van der Waals surface area contributed by atoms with Crippen LogP contribution in [0, 0.1) is 6.92 Å². The Morgan fingerprint density at radius 2 is 1.06 bits per heavy atom. The molecule has 1 heteroatoms. The van der Waals surface area contributed by atoms with Crippen LogP contribution in [-0.4, -0.2) is 4.98 Å². The molecule has 0 bridgehead atoms. The van der Waals surface area contributed by atoms with Crippen molar-refractivity contribution >= 4 is 0 Å². The average Bonchev–Trinajstić information content (AvgIpc) is 3.10. The molecule has 0 fully saturated rings. The Morgan fingerprint density at radius 3 is 1.74 bits per heavy atom. The third-order valence-corrected chi connectivity index (χ3v) is 7.13. The van der Waals surface area contributed by atoms with Gasteiger partial charge in [-0.1, -0.05) is 110 Å².